The highest BCUT2D eigenvalue weighted by Gasteiger charge is 2.32. The number of carbonyl (C=O) groups is 2. The molecule has 42 heavy (non-hydrogen) atoms. The molecule has 0 saturated heterocycles. The van der Waals surface area contributed by atoms with Crippen LogP contribution in [0.1, 0.15) is 68.5 Å². The molecule has 2 atom stereocenters. The number of hydrogen-bond acceptors (Lipinski definition) is 7. The summed E-state index contributed by atoms with van der Waals surface area (Å²) in [5.74, 6) is -0.0885. The second-order valence-corrected chi connectivity index (χ2v) is 27.2. The molecule has 0 bridgehead atoms. The van der Waals surface area contributed by atoms with Gasteiger partial charge in [-0.15, -0.1) is 22.7 Å². The molecule has 0 N–H and O–H groups in total. The molecule has 0 fully saturated rings. The van der Waals surface area contributed by atoms with Crippen molar-refractivity contribution in [1.82, 2.24) is 9.97 Å². The summed E-state index contributed by atoms with van der Waals surface area (Å²) in [7, 11) is -2.20. The number of fused-ring (bicyclic) bond motifs is 4. The smallest absolute Gasteiger partial charge is 0.348 e. The van der Waals surface area contributed by atoms with Gasteiger partial charge in [0, 0.05) is 38.3 Å². The van der Waals surface area contributed by atoms with Gasteiger partial charge in [-0.25, -0.2) is 14.8 Å². The summed E-state index contributed by atoms with van der Waals surface area (Å²) >= 11 is 2.98. The van der Waals surface area contributed by atoms with Crippen LogP contribution < -0.4 is 0 Å². The van der Waals surface area contributed by atoms with E-state index in [-0.39, 0.29) is 11.8 Å². The van der Waals surface area contributed by atoms with E-state index < -0.39 is 16.1 Å². The Kier molecular flexibility index (Phi) is 8.96. The van der Waals surface area contributed by atoms with Crippen molar-refractivity contribution < 1.29 is 14.3 Å². The molecule has 5 nitrogen and oxygen atoms in total. The van der Waals surface area contributed by atoms with E-state index in [1.807, 2.05) is 19.1 Å². The third kappa shape index (κ3) is 6.79. The van der Waals surface area contributed by atoms with Crippen molar-refractivity contribution in [2.24, 2.45) is 0 Å². The van der Waals surface area contributed by atoms with Crippen molar-refractivity contribution in [1.29, 1.82) is 0 Å². The molecule has 0 aliphatic heterocycles. The van der Waals surface area contributed by atoms with Gasteiger partial charge < -0.3 is 4.74 Å². The first-order chi connectivity index (χ1) is 19.7. The van der Waals surface area contributed by atoms with Gasteiger partial charge in [0.25, 0.3) is 0 Å². The Morgan fingerprint density at radius 1 is 0.786 bits per heavy atom. The zero-order chi connectivity index (χ0) is 30.4. The van der Waals surface area contributed by atoms with Crippen molar-refractivity contribution >= 4 is 71.0 Å². The fourth-order valence-electron chi connectivity index (χ4n) is 6.20. The maximum Gasteiger partial charge on any atom is 0.348 e. The zero-order valence-electron chi connectivity index (χ0n) is 26.3. The minimum absolute atomic E-state index is 0.144. The molecule has 0 saturated carbocycles. The molecule has 0 aromatic carbocycles. The number of ether oxygens (including phenoxy) is 1. The average molecular weight is 637 g/mol. The Balaban J connectivity index is 0.000000169. The molecular formula is C33H44N2O3S2Si2. The molecule has 224 valence electrons. The SMILES string of the molecule is CC(=O)c1cc2cc3c(nc2s1)CCC([Si](C)(C)C)C3.CCOC(=O)c1cc2cc3c(nc2s1)CCC([Si](C)(C)C)C3. The van der Waals surface area contributed by atoms with Crippen LogP contribution >= 0.6 is 22.7 Å². The summed E-state index contributed by atoms with van der Waals surface area (Å²) in [4.78, 5) is 36.5. The number of Topliss-reactive ketones (excluding diaryl/α,β-unsaturated/α-hetero) is 1. The van der Waals surface area contributed by atoms with Crippen molar-refractivity contribution in [2.75, 3.05) is 6.61 Å². The van der Waals surface area contributed by atoms with Crippen molar-refractivity contribution in [2.45, 2.75) is 103 Å². The molecule has 2 unspecified atom stereocenters. The lowest BCUT2D eigenvalue weighted by Gasteiger charge is -2.33. The molecule has 9 heteroatoms. The summed E-state index contributed by atoms with van der Waals surface area (Å²) in [6.07, 6.45) is 7.06. The first kappa shape index (κ1) is 31.2. The van der Waals surface area contributed by atoms with E-state index >= 15 is 0 Å². The van der Waals surface area contributed by atoms with Gasteiger partial charge in [0.1, 0.15) is 14.5 Å². The Labute approximate surface area is 260 Å². The number of aromatic nitrogens is 2. The lowest BCUT2D eigenvalue weighted by atomic mass is 9.95. The Hall–Kier alpha value is -2.21. The van der Waals surface area contributed by atoms with Crippen LogP contribution in [0.2, 0.25) is 50.4 Å². The van der Waals surface area contributed by atoms with Gasteiger partial charge in [-0.05, 0) is 98.8 Å². The van der Waals surface area contributed by atoms with Crippen molar-refractivity contribution in [3.63, 3.8) is 0 Å². The normalized spacial score (nSPS) is 18.7. The molecule has 0 spiro atoms. The fourth-order valence-corrected chi connectivity index (χ4v) is 11.7. The van der Waals surface area contributed by atoms with Gasteiger partial charge in [0.15, 0.2) is 5.78 Å². The standard InChI is InChI=1S/C17H23NO2SSi.C16H21NOSSi/c1-5-20-17(19)15-10-12-8-11-9-13(22(2,3)4)6-7-14(11)18-16(12)21-15;1-10(18)15-9-12-7-11-8-13(20(2,3)4)5-6-14(11)17-16(12)19-15/h8,10,13H,5-7,9H2,1-4H3;7,9,13H,5-6,8H2,1-4H3. The maximum absolute atomic E-state index is 11.9. The van der Waals surface area contributed by atoms with Crippen molar-refractivity contribution in [3.8, 4) is 0 Å². The van der Waals surface area contributed by atoms with Gasteiger partial charge in [-0.1, -0.05) is 39.3 Å². The largest absolute Gasteiger partial charge is 0.462 e. The molecule has 2 aliphatic rings. The lowest BCUT2D eigenvalue weighted by molar-refractivity contribution is 0.0532. The van der Waals surface area contributed by atoms with Crippen LogP contribution in [0.15, 0.2) is 24.3 Å². The average Bonchev–Trinajstić information content (AvgIpc) is 3.53. The maximum atomic E-state index is 11.9. The second-order valence-electron chi connectivity index (χ2n) is 14.1. The first-order valence-corrected chi connectivity index (χ1v) is 24.0. The van der Waals surface area contributed by atoms with Crippen LogP contribution in [-0.4, -0.2) is 44.5 Å². The van der Waals surface area contributed by atoms with Crippen LogP contribution in [0.25, 0.3) is 20.4 Å². The summed E-state index contributed by atoms with van der Waals surface area (Å²) < 4.78 is 5.09. The number of rotatable bonds is 5. The zero-order valence-corrected chi connectivity index (χ0v) is 30.0. The Morgan fingerprint density at radius 3 is 1.67 bits per heavy atom. The predicted molar refractivity (Wildman–Crippen MR) is 183 cm³/mol. The van der Waals surface area contributed by atoms with Gasteiger partial charge in [0.05, 0.1) is 11.5 Å². The number of carbonyl (C=O) groups excluding carboxylic acids is 2. The first-order valence-electron chi connectivity index (χ1n) is 15.3. The van der Waals surface area contributed by atoms with Gasteiger partial charge in [-0.3, -0.25) is 4.79 Å². The van der Waals surface area contributed by atoms with Crippen LogP contribution in [0.3, 0.4) is 0 Å². The Bertz CT molecular complexity index is 1640. The number of esters is 1. The van der Waals surface area contributed by atoms with Crippen LogP contribution in [0.4, 0.5) is 0 Å². The summed E-state index contributed by atoms with van der Waals surface area (Å²) in [6, 6.07) is 8.48. The van der Waals surface area contributed by atoms with Crippen molar-refractivity contribution in [3.05, 3.63) is 56.5 Å². The quantitative estimate of drug-likeness (QED) is 0.124. The Morgan fingerprint density at radius 2 is 1.24 bits per heavy atom. The fraction of sp³-hybridized carbons (Fsp3) is 0.515. The molecule has 4 heterocycles. The number of pyridine rings is 2. The third-order valence-electron chi connectivity index (χ3n) is 9.02. The van der Waals surface area contributed by atoms with E-state index in [4.69, 9.17) is 14.7 Å². The summed E-state index contributed by atoms with van der Waals surface area (Å²) in [6.45, 7) is 18.6. The molecule has 6 rings (SSSR count). The van der Waals surface area contributed by atoms with Crippen LogP contribution in [-0.2, 0) is 30.4 Å². The van der Waals surface area contributed by atoms with Gasteiger partial charge in [-0.2, -0.15) is 0 Å². The van der Waals surface area contributed by atoms with E-state index in [1.165, 1.54) is 64.5 Å². The molecule has 2 aliphatic carbocycles. The molecule has 0 amide bonds. The van der Waals surface area contributed by atoms with Crippen LogP contribution in [0.5, 0.6) is 0 Å². The predicted octanol–water partition coefficient (Wildman–Crippen LogP) is 9.37. The number of hydrogen-bond donors (Lipinski definition) is 0. The van der Waals surface area contributed by atoms with E-state index in [0.29, 0.717) is 11.5 Å². The number of thiophene rings is 2. The minimum Gasteiger partial charge on any atom is -0.462 e. The van der Waals surface area contributed by atoms with E-state index in [0.717, 1.165) is 55.7 Å². The summed E-state index contributed by atoms with van der Waals surface area (Å²) in [5.41, 5.74) is 7.01. The summed E-state index contributed by atoms with van der Waals surface area (Å²) in [5, 5.41) is 2.23. The molecule has 4 aromatic rings. The molecule has 4 aromatic heterocycles. The highest BCUT2D eigenvalue weighted by atomic mass is 32.1. The molecule has 0 radical (unpaired) electrons. The van der Waals surface area contributed by atoms with Gasteiger partial charge >= 0.3 is 5.97 Å². The lowest BCUT2D eigenvalue weighted by Crippen LogP contribution is -2.32. The van der Waals surface area contributed by atoms with Crippen LogP contribution in [0, 0.1) is 0 Å². The van der Waals surface area contributed by atoms with Gasteiger partial charge in [0.2, 0.25) is 0 Å². The monoisotopic (exact) mass is 636 g/mol. The number of aryl methyl sites for hydroxylation is 2. The number of nitrogens with zero attached hydrogens (tertiary/aromatic N) is 2. The van der Waals surface area contributed by atoms with E-state index in [1.54, 1.807) is 6.92 Å². The van der Waals surface area contributed by atoms with E-state index in [2.05, 4.69) is 51.4 Å². The second kappa shape index (κ2) is 12.1. The highest BCUT2D eigenvalue weighted by Crippen LogP contribution is 2.39. The molecular weight excluding hydrogens is 593 g/mol. The number of ketones is 1. The highest BCUT2D eigenvalue weighted by molar-refractivity contribution is 7.20. The van der Waals surface area contributed by atoms with E-state index in [9.17, 15) is 9.59 Å². The minimum atomic E-state index is -1.12. The third-order valence-corrected chi connectivity index (χ3v) is 17.1. The topological polar surface area (TPSA) is 69.2 Å².